The van der Waals surface area contributed by atoms with Crippen LogP contribution in [0.5, 0.6) is 0 Å². The highest BCUT2D eigenvalue weighted by atomic mass is 31.2. The lowest BCUT2D eigenvalue weighted by molar-refractivity contribution is -0.0662. The molecular weight excluding hydrogens is 1320 g/mol. The maximum absolute atomic E-state index is 14.1. The van der Waals surface area contributed by atoms with Crippen molar-refractivity contribution >= 4 is 98.5 Å². The van der Waals surface area contributed by atoms with Crippen molar-refractivity contribution in [2.45, 2.75) is 98.2 Å². The van der Waals surface area contributed by atoms with Crippen molar-refractivity contribution < 1.29 is 120 Å². The number of phosphoric acid groups is 1. The van der Waals surface area contributed by atoms with E-state index in [1.54, 1.807) is 0 Å². The number of fused-ring (bicyclic) bond motifs is 4. The van der Waals surface area contributed by atoms with Crippen molar-refractivity contribution in [1.29, 1.82) is 0 Å². The second-order valence-electron chi connectivity index (χ2n) is 21.0. The molecule has 92 heavy (non-hydrogen) atoms. The molecule has 45 nitrogen and oxygen atoms in total. The number of aliphatic hydroxyl groups excluding tert-OH is 5. The lowest BCUT2D eigenvalue weighted by atomic mass is 10.1. The van der Waals surface area contributed by atoms with E-state index in [9.17, 15) is 68.3 Å². The second kappa shape index (κ2) is 25.7. The number of hydrogen-bond donors (Lipinski definition) is 14. The SMILES string of the molecule is Nc1ncnc2c1ncn2[C@@H]1O[C@H](COCP(=O)(O)O[C@H]2[C@H](O)[C@@H](COCP(=O)(O)O[C@@H]3[C@H](O)[C@@H](COP(=O)(O)O[C@H]4[C@H](O)[C@@H](COCP(=O)(O)O)O[C@H]4n4cnc5c(N)ncnc54)O[C@H]3n3cnc4c(N)ncnc43)O[C@H]2n2cnc3c(N)ncnc32)[C@@H](O)[C@@H]1O. The van der Waals surface area contributed by atoms with Crippen LogP contribution >= 0.6 is 30.6 Å². The number of nitrogen functional groups attached to an aromatic ring is 4. The molecule has 49 heteroatoms. The molecule has 4 fully saturated rings. The number of imidazole rings is 4. The molecule has 8 aromatic rings. The Morgan fingerprint density at radius 1 is 0.391 bits per heavy atom. The van der Waals surface area contributed by atoms with Gasteiger partial charge < -0.3 is 106 Å². The average molecular weight is 1380 g/mol. The first kappa shape index (κ1) is 65.5. The predicted octanol–water partition coefficient (Wildman–Crippen LogP) is -4.19. The van der Waals surface area contributed by atoms with Crippen molar-refractivity contribution in [1.82, 2.24) is 78.1 Å². The Hall–Kier alpha value is -6.52. The standard InChI is InChI=1S/C43H56N20O25P4/c44-32-20-36(52-5-48-32)60(9-56-20)40-28(68)24(64)16(82-40)1-79-14-90(72,73)86-29-25(65)18(83-41(29)61-10-57-21-33(45)49-6-53-37(21)61)3-80-15-91(74,75)87-30-27(67)19(85-42(30)62-11-58-22-34(46)50-7-54-38(22)62)4-81-92(76,77)88-31-26(66)17(2-78-13-89(69,70)71)84-43(31)63-12-59-23-35(47)51-8-55-39(23)63/h5-12,16-19,24-31,40-43,64-68H,1-4,13-15H2,(H,72,73)(H,74,75)(H,76,77)(H2,44,48,52)(H2,45,49,53)(H2,46,50,54)(H2,47,51,55)(H2,69,70,71)/t16-,17-,18-,19-,24-,25-,26-,27-,28+,29+,30-,31+,40-,41-,42-,43-/m1/s1. The number of hydrogen-bond acceptors (Lipinski definition) is 36. The minimum atomic E-state index is -5.48. The third-order valence-corrected chi connectivity index (χ3v) is 18.4. The van der Waals surface area contributed by atoms with Gasteiger partial charge in [-0.3, -0.25) is 50.1 Å². The van der Waals surface area contributed by atoms with Crippen LogP contribution in [0.2, 0.25) is 0 Å². The van der Waals surface area contributed by atoms with Gasteiger partial charge in [0.2, 0.25) is 0 Å². The molecule has 3 unspecified atom stereocenters. The van der Waals surface area contributed by atoms with Crippen LogP contribution in [-0.2, 0) is 69.5 Å². The van der Waals surface area contributed by atoms with Crippen molar-refractivity contribution in [2.75, 3.05) is 68.4 Å². The van der Waals surface area contributed by atoms with Gasteiger partial charge in [-0.1, -0.05) is 0 Å². The summed E-state index contributed by atoms with van der Waals surface area (Å²) in [5.41, 5.74) is 24.3. The molecule has 0 bridgehead atoms. The third kappa shape index (κ3) is 13.2. The Labute approximate surface area is 512 Å². The highest BCUT2D eigenvalue weighted by Crippen LogP contribution is 2.54. The smallest absolute Gasteiger partial charge is 0.387 e. The fourth-order valence-corrected chi connectivity index (χ4v) is 13.8. The molecule has 498 valence electrons. The van der Waals surface area contributed by atoms with Gasteiger partial charge in [0.25, 0.3) is 0 Å². The molecule has 18 N–H and O–H groups in total. The Bertz CT molecular complexity index is 4210. The number of nitrogens with zero attached hydrogens (tertiary/aromatic N) is 16. The first-order valence-corrected chi connectivity index (χ1v) is 33.7. The molecule has 8 aromatic heterocycles. The predicted molar refractivity (Wildman–Crippen MR) is 299 cm³/mol. The quantitative estimate of drug-likeness (QED) is 0.0241. The van der Waals surface area contributed by atoms with E-state index in [4.69, 9.17) is 74.2 Å². The highest BCUT2D eigenvalue weighted by Gasteiger charge is 2.54. The average Bonchev–Trinajstić information content (AvgIpc) is 1.64. The first-order valence-electron chi connectivity index (χ1n) is 26.8. The molecule has 0 aliphatic carbocycles. The van der Waals surface area contributed by atoms with Crippen molar-refractivity contribution in [3.8, 4) is 0 Å². The van der Waals surface area contributed by atoms with Crippen LogP contribution in [0.15, 0.2) is 50.6 Å². The Kier molecular flexibility index (Phi) is 18.3. The van der Waals surface area contributed by atoms with Crippen LogP contribution in [0.1, 0.15) is 24.9 Å². The number of anilines is 4. The lowest BCUT2D eigenvalue weighted by Gasteiger charge is -2.25. The summed E-state index contributed by atoms with van der Waals surface area (Å²) < 4.78 is 120. The van der Waals surface area contributed by atoms with E-state index in [1.807, 2.05) is 0 Å². The molecule has 4 aliphatic heterocycles. The number of rotatable bonds is 25. The Morgan fingerprint density at radius 2 is 0.696 bits per heavy atom. The Morgan fingerprint density at radius 3 is 1.05 bits per heavy atom. The van der Waals surface area contributed by atoms with Crippen LogP contribution in [0.4, 0.5) is 23.3 Å². The fraction of sp³-hybridized carbons (Fsp3) is 0.535. The summed E-state index contributed by atoms with van der Waals surface area (Å²) in [5.74, 6) is -0.240. The monoisotopic (exact) mass is 1380 g/mol. The molecule has 0 spiro atoms. The molecule has 12 rings (SSSR count). The zero-order valence-electron chi connectivity index (χ0n) is 46.7. The number of phosphoric ester groups is 1. The van der Waals surface area contributed by atoms with Crippen LogP contribution in [-0.4, -0.2) is 247 Å². The maximum atomic E-state index is 14.1. The Balaban J connectivity index is 0.718. The molecule has 0 aromatic carbocycles. The lowest BCUT2D eigenvalue weighted by Crippen LogP contribution is -2.37. The largest absolute Gasteiger partial charge is 0.472 e. The van der Waals surface area contributed by atoms with Crippen LogP contribution in [0.25, 0.3) is 44.7 Å². The minimum Gasteiger partial charge on any atom is -0.387 e. The molecule has 0 amide bonds. The van der Waals surface area contributed by atoms with Crippen LogP contribution < -0.4 is 22.9 Å². The molecule has 19 atom stereocenters. The zero-order valence-corrected chi connectivity index (χ0v) is 50.2. The number of aromatic nitrogens is 16. The first-order chi connectivity index (χ1) is 43.7. The molecule has 12 heterocycles. The minimum absolute atomic E-state index is 0.00200. The summed E-state index contributed by atoms with van der Waals surface area (Å²) in [5, 5.41) is 56.8. The van der Waals surface area contributed by atoms with E-state index in [0.29, 0.717) is 0 Å². The zero-order chi connectivity index (χ0) is 65.3. The number of nitrogens with two attached hydrogens (primary N) is 4. The summed E-state index contributed by atoms with van der Waals surface area (Å²) in [4.78, 5) is 101. The molecular formula is C43H56N20O25P4. The van der Waals surface area contributed by atoms with Gasteiger partial charge in [-0.2, -0.15) is 0 Å². The summed E-state index contributed by atoms with van der Waals surface area (Å²) in [6.07, 6.45) is -21.3. The van der Waals surface area contributed by atoms with Crippen LogP contribution in [0.3, 0.4) is 0 Å². The molecule has 4 saturated heterocycles. The van der Waals surface area contributed by atoms with Crippen molar-refractivity contribution in [3.05, 3.63) is 50.6 Å². The van der Waals surface area contributed by atoms with Gasteiger partial charge in [-0.15, -0.1) is 0 Å². The van der Waals surface area contributed by atoms with Gasteiger partial charge >= 0.3 is 30.6 Å². The number of aliphatic hydroxyl groups is 5. The van der Waals surface area contributed by atoms with Crippen LogP contribution in [0, 0.1) is 0 Å². The van der Waals surface area contributed by atoms with E-state index < -0.39 is 174 Å². The summed E-state index contributed by atoms with van der Waals surface area (Å²) in [7, 11) is -20.3. The topological polar surface area (TPSA) is 651 Å². The normalized spacial score (nSPS) is 30.7. The van der Waals surface area contributed by atoms with E-state index in [-0.39, 0.29) is 67.9 Å². The van der Waals surface area contributed by atoms with Crippen molar-refractivity contribution in [3.63, 3.8) is 0 Å². The summed E-state index contributed by atoms with van der Waals surface area (Å²) >= 11 is 0. The van der Waals surface area contributed by atoms with Gasteiger partial charge in [0.15, 0.2) is 70.8 Å². The second-order valence-corrected chi connectivity index (χ2v) is 27.4. The van der Waals surface area contributed by atoms with Gasteiger partial charge in [0.1, 0.15) is 140 Å². The third-order valence-electron chi connectivity index (χ3n) is 14.8. The van der Waals surface area contributed by atoms with E-state index >= 15 is 0 Å². The van der Waals surface area contributed by atoms with Gasteiger partial charge in [0, 0.05) is 0 Å². The van der Waals surface area contributed by atoms with Crippen molar-refractivity contribution in [2.24, 2.45) is 0 Å². The summed E-state index contributed by atoms with van der Waals surface area (Å²) in [6, 6.07) is 0. The van der Waals surface area contributed by atoms with Gasteiger partial charge in [0.05, 0.1) is 51.7 Å². The summed E-state index contributed by atoms with van der Waals surface area (Å²) in [6.45, 7) is -3.11. The number of ether oxygens (including phenoxy) is 7. The fourth-order valence-electron chi connectivity index (χ4n) is 10.6. The molecule has 0 saturated carbocycles. The van der Waals surface area contributed by atoms with E-state index in [1.165, 1.54) is 15.5 Å². The van der Waals surface area contributed by atoms with E-state index in [2.05, 4.69) is 59.8 Å². The molecule has 0 radical (unpaired) electrons. The van der Waals surface area contributed by atoms with Gasteiger partial charge in [-0.25, -0.2) is 64.4 Å². The van der Waals surface area contributed by atoms with Gasteiger partial charge in [-0.05, 0) is 0 Å². The van der Waals surface area contributed by atoms with E-state index in [0.717, 1.165) is 53.4 Å². The molecule has 4 aliphatic rings. The highest BCUT2D eigenvalue weighted by molar-refractivity contribution is 7.53. The maximum Gasteiger partial charge on any atom is 0.472 e.